The van der Waals surface area contributed by atoms with Crippen molar-refractivity contribution in [2.45, 2.75) is 51.0 Å². The number of hydrogen-bond acceptors (Lipinski definition) is 5. The Hall–Kier alpha value is -1.10. The van der Waals surface area contributed by atoms with Crippen LogP contribution in [0.5, 0.6) is 0 Å². The monoisotopic (exact) mass is 251 g/mol. The molecule has 100 valence electrons. The molecule has 2 aliphatic rings. The second-order valence-corrected chi connectivity index (χ2v) is 5.50. The minimum Gasteiger partial charge on any atom is -0.393 e. The van der Waals surface area contributed by atoms with Crippen molar-refractivity contribution < 1.29 is 9.63 Å². The van der Waals surface area contributed by atoms with E-state index in [1.54, 1.807) is 0 Å². The van der Waals surface area contributed by atoms with Crippen molar-refractivity contribution in [3.8, 4) is 0 Å². The Morgan fingerprint density at radius 3 is 2.72 bits per heavy atom. The first-order valence-electron chi connectivity index (χ1n) is 7.08. The number of aliphatic hydroxyl groups is 1. The summed E-state index contributed by atoms with van der Waals surface area (Å²) in [5.41, 5.74) is 0. The van der Waals surface area contributed by atoms with Crippen LogP contribution < -0.4 is 4.90 Å². The Morgan fingerprint density at radius 1 is 1.17 bits per heavy atom. The molecule has 2 fully saturated rings. The van der Waals surface area contributed by atoms with Gasteiger partial charge in [0.1, 0.15) is 0 Å². The van der Waals surface area contributed by atoms with Crippen LogP contribution in [0.4, 0.5) is 5.95 Å². The summed E-state index contributed by atoms with van der Waals surface area (Å²) in [5.74, 6) is 1.71. The Balaban J connectivity index is 1.62. The maximum Gasteiger partial charge on any atom is 0.266 e. The molecule has 5 nitrogen and oxygen atoms in total. The number of aliphatic hydroxyl groups excluding tert-OH is 1. The predicted octanol–water partition coefficient (Wildman–Crippen LogP) is 1.76. The largest absolute Gasteiger partial charge is 0.393 e. The standard InChI is InChI=1S/C13H21N3O2/c17-11-6-2-1-5-10(11)9-12-14-13(15-18-12)16-7-3-4-8-16/h10-11,17H,1-9H2. The first-order chi connectivity index (χ1) is 8.83. The Bertz CT molecular complexity index is 387. The summed E-state index contributed by atoms with van der Waals surface area (Å²) in [6.07, 6.45) is 7.29. The van der Waals surface area contributed by atoms with Gasteiger partial charge in [-0.1, -0.05) is 12.8 Å². The van der Waals surface area contributed by atoms with Crippen LogP contribution >= 0.6 is 0 Å². The summed E-state index contributed by atoms with van der Waals surface area (Å²) in [7, 11) is 0. The van der Waals surface area contributed by atoms with E-state index in [2.05, 4.69) is 15.0 Å². The molecule has 1 N–H and O–H groups in total. The van der Waals surface area contributed by atoms with Gasteiger partial charge in [0.2, 0.25) is 5.89 Å². The molecule has 0 aromatic carbocycles. The van der Waals surface area contributed by atoms with Gasteiger partial charge in [-0.05, 0) is 36.8 Å². The summed E-state index contributed by atoms with van der Waals surface area (Å²) in [4.78, 5) is 6.63. The highest BCUT2D eigenvalue weighted by Crippen LogP contribution is 2.27. The number of hydrogen-bond donors (Lipinski definition) is 1. The molecule has 1 aliphatic carbocycles. The third-order valence-corrected chi connectivity index (χ3v) is 4.15. The van der Waals surface area contributed by atoms with Crippen molar-refractivity contribution in [2.75, 3.05) is 18.0 Å². The molecule has 1 saturated carbocycles. The average molecular weight is 251 g/mol. The molecule has 0 radical (unpaired) electrons. The number of nitrogens with zero attached hydrogens (tertiary/aromatic N) is 3. The van der Waals surface area contributed by atoms with Gasteiger partial charge < -0.3 is 14.5 Å². The summed E-state index contributed by atoms with van der Waals surface area (Å²) < 4.78 is 5.31. The van der Waals surface area contributed by atoms with Crippen molar-refractivity contribution in [1.82, 2.24) is 10.1 Å². The van der Waals surface area contributed by atoms with E-state index in [9.17, 15) is 5.11 Å². The highest BCUT2D eigenvalue weighted by Gasteiger charge is 2.26. The second-order valence-electron chi connectivity index (χ2n) is 5.50. The number of rotatable bonds is 3. The van der Waals surface area contributed by atoms with E-state index in [4.69, 9.17) is 4.52 Å². The van der Waals surface area contributed by atoms with Crippen LogP contribution in [0.2, 0.25) is 0 Å². The van der Waals surface area contributed by atoms with Gasteiger partial charge in [-0.25, -0.2) is 0 Å². The highest BCUT2D eigenvalue weighted by molar-refractivity contribution is 5.28. The molecular weight excluding hydrogens is 230 g/mol. The first kappa shape index (κ1) is 12.0. The lowest BCUT2D eigenvalue weighted by molar-refractivity contribution is 0.0657. The minimum atomic E-state index is -0.194. The summed E-state index contributed by atoms with van der Waals surface area (Å²) in [5, 5.41) is 14.0. The van der Waals surface area contributed by atoms with E-state index in [0.717, 1.165) is 44.7 Å². The zero-order chi connectivity index (χ0) is 12.4. The smallest absolute Gasteiger partial charge is 0.266 e. The molecule has 0 bridgehead atoms. The molecule has 2 atom stereocenters. The van der Waals surface area contributed by atoms with Crippen LogP contribution in [0.25, 0.3) is 0 Å². The van der Waals surface area contributed by atoms with Gasteiger partial charge in [0.15, 0.2) is 0 Å². The number of anilines is 1. The quantitative estimate of drug-likeness (QED) is 0.887. The molecule has 1 aromatic heterocycles. The van der Waals surface area contributed by atoms with Gasteiger partial charge in [-0.2, -0.15) is 4.98 Å². The number of aromatic nitrogens is 2. The van der Waals surface area contributed by atoms with Crippen LogP contribution in [-0.4, -0.2) is 34.4 Å². The molecule has 2 heterocycles. The molecule has 0 amide bonds. The molecule has 3 rings (SSSR count). The molecule has 1 aliphatic heterocycles. The summed E-state index contributed by atoms with van der Waals surface area (Å²) in [6, 6.07) is 0. The zero-order valence-electron chi connectivity index (χ0n) is 10.7. The van der Waals surface area contributed by atoms with Gasteiger partial charge in [0.25, 0.3) is 5.95 Å². The van der Waals surface area contributed by atoms with Gasteiger partial charge in [0.05, 0.1) is 6.10 Å². The average Bonchev–Trinajstić information content (AvgIpc) is 3.02. The van der Waals surface area contributed by atoms with E-state index in [-0.39, 0.29) is 6.10 Å². The van der Waals surface area contributed by atoms with E-state index in [0.29, 0.717) is 11.8 Å². The zero-order valence-corrected chi connectivity index (χ0v) is 10.7. The fourth-order valence-corrected chi connectivity index (χ4v) is 3.02. The van der Waals surface area contributed by atoms with Crippen molar-refractivity contribution in [3.05, 3.63) is 5.89 Å². The molecule has 1 saturated heterocycles. The van der Waals surface area contributed by atoms with E-state index in [1.165, 1.54) is 19.3 Å². The normalized spacial score (nSPS) is 28.8. The second kappa shape index (κ2) is 5.26. The fraction of sp³-hybridized carbons (Fsp3) is 0.846. The highest BCUT2D eigenvalue weighted by atomic mass is 16.5. The van der Waals surface area contributed by atoms with E-state index < -0.39 is 0 Å². The Kier molecular flexibility index (Phi) is 3.50. The van der Waals surface area contributed by atoms with Gasteiger partial charge in [0, 0.05) is 19.5 Å². The van der Waals surface area contributed by atoms with Crippen LogP contribution in [-0.2, 0) is 6.42 Å². The molecular formula is C13H21N3O2. The molecule has 5 heteroatoms. The lowest BCUT2D eigenvalue weighted by Crippen LogP contribution is -2.26. The van der Waals surface area contributed by atoms with Crippen molar-refractivity contribution in [2.24, 2.45) is 5.92 Å². The predicted molar refractivity (Wildman–Crippen MR) is 67.4 cm³/mol. The summed E-state index contributed by atoms with van der Waals surface area (Å²) in [6.45, 7) is 2.07. The molecule has 1 aromatic rings. The van der Waals surface area contributed by atoms with Gasteiger partial charge >= 0.3 is 0 Å². The minimum absolute atomic E-state index is 0.194. The maximum absolute atomic E-state index is 9.95. The van der Waals surface area contributed by atoms with Crippen LogP contribution in [0, 0.1) is 5.92 Å². The Morgan fingerprint density at radius 2 is 1.94 bits per heavy atom. The molecule has 0 spiro atoms. The maximum atomic E-state index is 9.95. The third kappa shape index (κ3) is 2.51. The SMILES string of the molecule is OC1CCCCC1Cc1nc(N2CCCC2)no1. The Labute approximate surface area is 107 Å². The molecule has 18 heavy (non-hydrogen) atoms. The summed E-state index contributed by atoms with van der Waals surface area (Å²) >= 11 is 0. The van der Waals surface area contributed by atoms with Crippen molar-refractivity contribution in [3.63, 3.8) is 0 Å². The first-order valence-corrected chi connectivity index (χ1v) is 7.08. The lowest BCUT2D eigenvalue weighted by Gasteiger charge is -2.26. The fourth-order valence-electron chi connectivity index (χ4n) is 3.02. The molecule has 2 unspecified atom stereocenters. The van der Waals surface area contributed by atoms with Gasteiger partial charge in [-0.15, -0.1) is 0 Å². The van der Waals surface area contributed by atoms with Gasteiger partial charge in [-0.3, -0.25) is 0 Å². The van der Waals surface area contributed by atoms with E-state index >= 15 is 0 Å². The van der Waals surface area contributed by atoms with Crippen LogP contribution in [0.1, 0.15) is 44.4 Å². The lowest BCUT2D eigenvalue weighted by atomic mass is 9.84. The van der Waals surface area contributed by atoms with E-state index in [1.807, 2.05) is 0 Å². The van der Waals surface area contributed by atoms with Crippen LogP contribution in [0.3, 0.4) is 0 Å². The van der Waals surface area contributed by atoms with Crippen LogP contribution in [0.15, 0.2) is 4.52 Å². The topological polar surface area (TPSA) is 62.4 Å². The third-order valence-electron chi connectivity index (χ3n) is 4.15. The van der Waals surface area contributed by atoms with Crippen molar-refractivity contribution >= 4 is 5.95 Å². The van der Waals surface area contributed by atoms with Crippen molar-refractivity contribution in [1.29, 1.82) is 0 Å².